The lowest BCUT2D eigenvalue weighted by Crippen LogP contribution is -2.63. The molecule has 0 aromatic carbocycles. The molecule has 29 heavy (non-hydrogen) atoms. The van der Waals surface area contributed by atoms with Gasteiger partial charge in [-0.05, 0) is 45.4 Å². The molecule has 0 aromatic rings. The van der Waals surface area contributed by atoms with E-state index in [-0.39, 0.29) is 30.5 Å². The lowest BCUT2D eigenvalue weighted by Gasteiger charge is -2.52. The van der Waals surface area contributed by atoms with E-state index in [1.54, 1.807) is 13.8 Å². The molecule has 1 spiro atoms. The quantitative estimate of drug-likeness (QED) is 0.372. The molecule has 2 bridgehead atoms. The molecular weight excluding hydrogens is 376 g/mol. The maximum Gasteiger partial charge on any atom is 0.302 e. The van der Waals surface area contributed by atoms with E-state index in [9.17, 15) is 25.2 Å². The van der Waals surface area contributed by atoms with Crippen LogP contribution in [0.4, 0.5) is 0 Å². The van der Waals surface area contributed by atoms with Crippen LogP contribution < -0.4 is 0 Å². The third-order valence-electron chi connectivity index (χ3n) is 9.66. The highest BCUT2D eigenvalue weighted by atomic mass is 16.6. The molecule has 11 atom stereocenters. The Bertz CT molecular complexity index is 760. The van der Waals surface area contributed by atoms with Gasteiger partial charge in [0.1, 0.15) is 11.7 Å². The molecule has 1 aliphatic heterocycles. The zero-order valence-electron chi connectivity index (χ0n) is 17.9. The third kappa shape index (κ3) is 2.14. The largest absolute Gasteiger partial charge is 0.462 e. The van der Waals surface area contributed by atoms with Crippen molar-refractivity contribution >= 4 is 5.97 Å². The zero-order chi connectivity index (χ0) is 21.4. The van der Waals surface area contributed by atoms with Crippen molar-refractivity contribution < 1.29 is 34.7 Å². The number of carbonyl (C=O) groups excluding carboxylic acids is 1. The number of hydrogen-bond acceptors (Lipinski definition) is 7. The van der Waals surface area contributed by atoms with E-state index >= 15 is 0 Å². The molecule has 4 aliphatic carbocycles. The van der Waals surface area contributed by atoms with Gasteiger partial charge in [-0.25, -0.2) is 0 Å². The Kier molecular flexibility index (Phi) is 3.73. The lowest BCUT2D eigenvalue weighted by molar-refractivity contribution is -0.223. The Morgan fingerprint density at radius 3 is 2.38 bits per heavy atom. The Morgan fingerprint density at radius 2 is 1.76 bits per heavy atom. The van der Waals surface area contributed by atoms with E-state index in [4.69, 9.17) is 9.47 Å². The van der Waals surface area contributed by atoms with Gasteiger partial charge in [0, 0.05) is 29.6 Å². The summed E-state index contributed by atoms with van der Waals surface area (Å²) in [6, 6.07) is 0. The second kappa shape index (κ2) is 5.36. The van der Waals surface area contributed by atoms with Crippen LogP contribution in [0.3, 0.4) is 0 Å². The number of hydrogen-bond donors (Lipinski definition) is 4. The first-order valence-corrected chi connectivity index (χ1v) is 10.9. The van der Waals surface area contributed by atoms with Crippen molar-refractivity contribution in [2.45, 2.75) is 102 Å². The van der Waals surface area contributed by atoms with Gasteiger partial charge < -0.3 is 29.9 Å². The van der Waals surface area contributed by atoms with Crippen molar-refractivity contribution in [1.29, 1.82) is 0 Å². The van der Waals surface area contributed by atoms with E-state index in [0.29, 0.717) is 19.3 Å². The zero-order valence-corrected chi connectivity index (χ0v) is 17.9. The predicted octanol–water partition coefficient (Wildman–Crippen LogP) is 0.755. The fourth-order valence-electron chi connectivity index (χ4n) is 8.61. The molecule has 1 heterocycles. The van der Waals surface area contributed by atoms with Crippen molar-refractivity contribution in [2.75, 3.05) is 0 Å². The summed E-state index contributed by atoms with van der Waals surface area (Å²) in [5, 5.41) is 46.6. The molecular formula is C22H34O7. The fraction of sp³-hybridized carbons (Fsp3) is 0.955. The minimum atomic E-state index is -1.53. The van der Waals surface area contributed by atoms with Crippen molar-refractivity contribution in [1.82, 2.24) is 0 Å². The highest BCUT2D eigenvalue weighted by molar-refractivity contribution is 5.66. The van der Waals surface area contributed by atoms with Crippen LogP contribution in [0.5, 0.6) is 0 Å². The van der Waals surface area contributed by atoms with Gasteiger partial charge in [-0.3, -0.25) is 4.79 Å². The molecule has 0 aromatic heterocycles. The van der Waals surface area contributed by atoms with Gasteiger partial charge in [0.2, 0.25) is 0 Å². The minimum Gasteiger partial charge on any atom is -0.462 e. The second-order valence-corrected chi connectivity index (χ2v) is 11.5. The van der Waals surface area contributed by atoms with Gasteiger partial charge in [-0.2, -0.15) is 0 Å². The number of esters is 1. The first kappa shape index (κ1) is 20.2. The van der Waals surface area contributed by atoms with Crippen molar-refractivity contribution in [2.24, 2.45) is 28.6 Å². The van der Waals surface area contributed by atoms with E-state index in [1.807, 2.05) is 13.8 Å². The highest BCUT2D eigenvalue weighted by Gasteiger charge is 2.83. The van der Waals surface area contributed by atoms with E-state index in [0.717, 1.165) is 0 Å². The first-order chi connectivity index (χ1) is 13.2. The Labute approximate surface area is 171 Å². The average molecular weight is 411 g/mol. The SMILES string of the molecule is CC(=O)O[C@H]1[C@@H]2CC[C@@H]3[C@@](C)(O)[C@H]4[C@@H]5O[C@@H]5C(C)(C)[C@]4(O)[C@H](O)C[C@@]31C[C@@]2(C)O. The number of carbonyl (C=O) groups is 1. The van der Waals surface area contributed by atoms with Gasteiger partial charge >= 0.3 is 5.97 Å². The Hall–Kier alpha value is -0.730. The summed E-state index contributed by atoms with van der Waals surface area (Å²) in [6.07, 6.45) is -0.470. The number of ether oxygens (including phenoxy) is 2. The van der Waals surface area contributed by atoms with Crippen LogP contribution in [0.1, 0.15) is 60.3 Å². The minimum absolute atomic E-state index is 0.175. The molecule has 5 aliphatic rings. The van der Waals surface area contributed by atoms with E-state index in [2.05, 4.69) is 0 Å². The number of epoxide rings is 1. The van der Waals surface area contributed by atoms with Crippen LogP contribution in [0.15, 0.2) is 0 Å². The van der Waals surface area contributed by atoms with Crippen LogP contribution >= 0.6 is 0 Å². The van der Waals surface area contributed by atoms with Gasteiger partial charge in [0.25, 0.3) is 0 Å². The maximum atomic E-state index is 12.0. The number of rotatable bonds is 1. The lowest BCUT2D eigenvalue weighted by atomic mass is 9.57. The smallest absolute Gasteiger partial charge is 0.302 e. The van der Waals surface area contributed by atoms with Gasteiger partial charge in [-0.1, -0.05) is 13.8 Å². The highest BCUT2D eigenvalue weighted by Crippen LogP contribution is 2.73. The summed E-state index contributed by atoms with van der Waals surface area (Å²) in [5.74, 6) is -1.66. The van der Waals surface area contributed by atoms with E-state index < -0.39 is 51.7 Å². The summed E-state index contributed by atoms with van der Waals surface area (Å²) < 4.78 is 11.6. The van der Waals surface area contributed by atoms with Crippen LogP contribution in [-0.2, 0) is 14.3 Å². The van der Waals surface area contributed by atoms with Gasteiger partial charge in [0.05, 0.1) is 29.5 Å². The maximum absolute atomic E-state index is 12.0. The molecule has 0 unspecified atom stereocenters. The van der Waals surface area contributed by atoms with Crippen LogP contribution in [0.25, 0.3) is 0 Å². The molecule has 5 fully saturated rings. The van der Waals surface area contributed by atoms with Crippen LogP contribution in [0.2, 0.25) is 0 Å². The topological polar surface area (TPSA) is 120 Å². The Morgan fingerprint density at radius 1 is 1.10 bits per heavy atom. The van der Waals surface area contributed by atoms with Gasteiger partial charge in [0.15, 0.2) is 0 Å². The van der Waals surface area contributed by atoms with Gasteiger partial charge in [-0.15, -0.1) is 0 Å². The molecule has 0 radical (unpaired) electrons. The van der Waals surface area contributed by atoms with Crippen LogP contribution in [0, 0.1) is 28.6 Å². The monoisotopic (exact) mass is 410 g/mol. The molecule has 5 rings (SSSR count). The molecule has 0 amide bonds. The number of aliphatic hydroxyl groups is 4. The molecule has 164 valence electrons. The predicted molar refractivity (Wildman–Crippen MR) is 102 cm³/mol. The molecule has 7 heteroatoms. The summed E-state index contributed by atoms with van der Waals surface area (Å²) in [4.78, 5) is 12.0. The Balaban J connectivity index is 1.69. The van der Waals surface area contributed by atoms with Crippen molar-refractivity contribution in [3.8, 4) is 0 Å². The normalized spacial score (nSPS) is 61.9. The summed E-state index contributed by atoms with van der Waals surface area (Å²) >= 11 is 0. The van der Waals surface area contributed by atoms with Crippen molar-refractivity contribution in [3.63, 3.8) is 0 Å². The summed E-state index contributed by atoms with van der Waals surface area (Å²) in [6.45, 7) is 8.64. The number of aliphatic hydroxyl groups excluding tert-OH is 1. The number of fused-ring (bicyclic) bond motifs is 4. The van der Waals surface area contributed by atoms with E-state index in [1.165, 1.54) is 6.92 Å². The average Bonchev–Trinajstić information content (AvgIpc) is 3.29. The summed E-state index contributed by atoms with van der Waals surface area (Å²) in [7, 11) is 0. The fourth-order valence-corrected chi connectivity index (χ4v) is 8.61. The molecule has 1 saturated heterocycles. The molecule has 7 nitrogen and oxygen atoms in total. The van der Waals surface area contributed by atoms with Crippen LogP contribution in [-0.4, -0.2) is 67.6 Å². The molecule has 4 N–H and O–H groups in total. The standard InChI is InChI=1S/C22H34O7/c1-10(23)28-16-11-6-7-12-20(5,26)15-14-17(29-14)18(2,3)22(15,27)13(24)8-21(12,16)9-19(11,4)25/h11-17,24-27H,6-9H2,1-5H3/t11-,12+,13+,14-,15+,16-,17-,19+,20+,21+,22-/m0/s1. The summed E-state index contributed by atoms with van der Waals surface area (Å²) in [5.41, 5.74) is -5.47. The second-order valence-electron chi connectivity index (χ2n) is 11.5. The third-order valence-corrected chi connectivity index (χ3v) is 9.66. The first-order valence-electron chi connectivity index (χ1n) is 10.9. The molecule has 4 saturated carbocycles. The van der Waals surface area contributed by atoms with Crippen molar-refractivity contribution in [3.05, 3.63) is 0 Å².